The average Bonchev–Trinajstić information content (AvgIpc) is 2.99. The lowest BCUT2D eigenvalue weighted by Gasteiger charge is -2.04. The summed E-state index contributed by atoms with van der Waals surface area (Å²) in [6.07, 6.45) is 0.664. The molecule has 2 rings (SSSR count). The monoisotopic (exact) mass is 306 g/mol. The van der Waals surface area contributed by atoms with Crippen molar-refractivity contribution in [2.45, 2.75) is 13.0 Å². The molecule has 7 nitrogen and oxygen atoms in total. The van der Waals surface area contributed by atoms with Crippen LogP contribution in [0.3, 0.4) is 0 Å². The molecule has 0 radical (unpaired) electrons. The number of hydrogen-bond donors (Lipinski definition) is 2. The van der Waals surface area contributed by atoms with Gasteiger partial charge in [0.1, 0.15) is 17.3 Å². The number of nitrogens with zero attached hydrogens (tertiary/aromatic N) is 1. The lowest BCUT2D eigenvalue weighted by Crippen LogP contribution is -2.15. The van der Waals surface area contributed by atoms with Crippen molar-refractivity contribution in [1.29, 1.82) is 0 Å². The summed E-state index contributed by atoms with van der Waals surface area (Å²) in [5.41, 5.74) is 0.348. The molecule has 118 valence electrons. The molecule has 0 spiro atoms. The zero-order valence-corrected chi connectivity index (χ0v) is 12.2. The van der Waals surface area contributed by atoms with Crippen LogP contribution in [0.25, 0.3) is 11.3 Å². The van der Waals surface area contributed by atoms with Gasteiger partial charge in [-0.3, -0.25) is 10.1 Å². The maximum atomic E-state index is 11.2. The first kappa shape index (κ1) is 16.0. The molecule has 0 aliphatic rings. The fourth-order valence-corrected chi connectivity index (χ4v) is 2.03. The van der Waals surface area contributed by atoms with E-state index in [2.05, 4.69) is 5.32 Å². The van der Waals surface area contributed by atoms with Crippen molar-refractivity contribution in [3.63, 3.8) is 0 Å². The van der Waals surface area contributed by atoms with E-state index in [1.165, 1.54) is 13.2 Å². The number of ether oxygens (including phenoxy) is 1. The molecule has 2 aromatic rings. The highest BCUT2D eigenvalue weighted by Crippen LogP contribution is 2.34. The Morgan fingerprint density at radius 2 is 2.18 bits per heavy atom. The number of benzene rings is 1. The molecule has 0 atom stereocenters. The van der Waals surface area contributed by atoms with Gasteiger partial charge in [-0.05, 0) is 37.2 Å². The molecule has 0 aliphatic heterocycles. The smallest absolute Gasteiger partial charge is 0.284 e. The van der Waals surface area contributed by atoms with E-state index in [0.29, 0.717) is 42.3 Å². The first-order valence-electron chi connectivity index (χ1n) is 6.88. The predicted octanol–water partition coefficient (Wildman–Crippen LogP) is 2.34. The van der Waals surface area contributed by atoms with E-state index in [9.17, 15) is 10.1 Å². The lowest BCUT2D eigenvalue weighted by molar-refractivity contribution is -0.384. The minimum Gasteiger partial charge on any atom is -0.497 e. The molecule has 1 aromatic carbocycles. The Kier molecular flexibility index (Phi) is 5.51. The van der Waals surface area contributed by atoms with Crippen LogP contribution in [-0.4, -0.2) is 30.3 Å². The van der Waals surface area contributed by atoms with Crippen molar-refractivity contribution in [3.05, 3.63) is 46.2 Å². The number of hydrogen-bond acceptors (Lipinski definition) is 6. The SMILES string of the molecule is COc1ccc(-c2ccc(CNCCCO)o2)c([N+](=O)[O-])c1. The average molecular weight is 306 g/mol. The largest absolute Gasteiger partial charge is 0.497 e. The first-order valence-corrected chi connectivity index (χ1v) is 6.88. The second kappa shape index (κ2) is 7.58. The van der Waals surface area contributed by atoms with Gasteiger partial charge in [0.2, 0.25) is 0 Å². The molecule has 0 bridgehead atoms. The van der Waals surface area contributed by atoms with Gasteiger partial charge in [-0.1, -0.05) is 0 Å². The number of rotatable bonds is 8. The van der Waals surface area contributed by atoms with Gasteiger partial charge in [-0.2, -0.15) is 0 Å². The summed E-state index contributed by atoms with van der Waals surface area (Å²) in [5.74, 6) is 1.54. The minimum absolute atomic E-state index is 0.0616. The third-order valence-corrected chi connectivity index (χ3v) is 3.14. The van der Waals surface area contributed by atoms with Gasteiger partial charge in [0.05, 0.1) is 30.2 Å². The molecule has 1 heterocycles. The van der Waals surface area contributed by atoms with Crippen LogP contribution in [0.2, 0.25) is 0 Å². The van der Waals surface area contributed by atoms with Gasteiger partial charge in [0.25, 0.3) is 5.69 Å². The van der Waals surface area contributed by atoms with Crippen LogP contribution >= 0.6 is 0 Å². The number of nitro groups is 1. The quantitative estimate of drug-likeness (QED) is 0.441. The third-order valence-electron chi connectivity index (χ3n) is 3.14. The third kappa shape index (κ3) is 3.84. The molecule has 0 fully saturated rings. The summed E-state index contributed by atoms with van der Waals surface area (Å²) in [6, 6.07) is 8.12. The van der Waals surface area contributed by atoms with Crippen molar-refractivity contribution >= 4 is 5.69 Å². The highest BCUT2D eigenvalue weighted by atomic mass is 16.6. The van der Waals surface area contributed by atoms with Crippen LogP contribution in [0, 0.1) is 10.1 Å². The van der Waals surface area contributed by atoms with Gasteiger partial charge in [-0.15, -0.1) is 0 Å². The zero-order valence-electron chi connectivity index (χ0n) is 12.2. The van der Waals surface area contributed by atoms with Crippen LogP contribution in [0.4, 0.5) is 5.69 Å². The number of furan rings is 1. The molecule has 0 aliphatic carbocycles. The van der Waals surface area contributed by atoms with Gasteiger partial charge in [0, 0.05) is 6.61 Å². The summed E-state index contributed by atoms with van der Waals surface area (Å²) >= 11 is 0. The van der Waals surface area contributed by atoms with Crippen molar-refractivity contribution in [2.24, 2.45) is 0 Å². The van der Waals surface area contributed by atoms with Crippen molar-refractivity contribution in [1.82, 2.24) is 5.32 Å². The van der Waals surface area contributed by atoms with Crippen molar-refractivity contribution in [3.8, 4) is 17.1 Å². The van der Waals surface area contributed by atoms with E-state index in [1.54, 1.807) is 24.3 Å². The molecule has 22 heavy (non-hydrogen) atoms. The van der Waals surface area contributed by atoms with Gasteiger partial charge >= 0.3 is 0 Å². The molecule has 0 saturated heterocycles. The molecule has 0 unspecified atom stereocenters. The Morgan fingerprint density at radius 3 is 2.86 bits per heavy atom. The lowest BCUT2D eigenvalue weighted by atomic mass is 10.1. The Bertz CT molecular complexity index is 639. The zero-order chi connectivity index (χ0) is 15.9. The summed E-state index contributed by atoms with van der Waals surface area (Å²) in [7, 11) is 1.46. The van der Waals surface area contributed by atoms with Gasteiger partial charge in [-0.25, -0.2) is 0 Å². The number of aliphatic hydroxyl groups excluding tert-OH is 1. The molecule has 0 saturated carbocycles. The molecule has 1 aromatic heterocycles. The van der Waals surface area contributed by atoms with Crippen molar-refractivity contribution < 1.29 is 19.2 Å². The normalized spacial score (nSPS) is 10.6. The molecule has 2 N–H and O–H groups in total. The molecule has 0 amide bonds. The Labute approximate surface area is 127 Å². The first-order chi connectivity index (χ1) is 10.7. The maximum absolute atomic E-state index is 11.2. The molecular formula is C15H18N2O5. The van der Waals surface area contributed by atoms with E-state index < -0.39 is 4.92 Å². The van der Waals surface area contributed by atoms with Crippen LogP contribution < -0.4 is 10.1 Å². The fourth-order valence-electron chi connectivity index (χ4n) is 2.03. The summed E-state index contributed by atoms with van der Waals surface area (Å²) in [5, 5.41) is 23.0. The van der Waals surface area contributed by atoms with E-state index in [-0.39, 0.29) is 12.3 Å². The predicted molar refractivity (Wildman–Crippen MR) is 80.8 cm³/mol. The van der Waals surface area contributed by atoms with Crippen LogP contribution in [0.1, 0.15) is 12.2 Å². The number of nitrogens with one attached hydrogen (secondary N) is 1. The highest BCUT2D eigenvalue weighted by Gasteiger charge is 2.19. The summed E-state index contributed by atoms with van der Waals surface area (Å²) < 4.78 is 10.7. The van der Waals surface area contributed by atoms with Crippen LogP contribution in [0.15, 0.2) is 34.7 Å². The molecular weight excluding hydrogens is 288 g/mol. The number of aliphatic hydroxyl groups is 1. The van der Waals surface area contributed by atoms with Crippen LogP contribution in [-0.2, 0) is 6.54 Å². The number of methoxy groups -OCH3 is 1. The second-order valence-corrected chi connectivity index (χ2v) is 4.66. The Hall–Kier alpha value is -2.38. The number of nitro benzene ring substituents is 1. The molecule has 7 heteroatoms. The van der Waals surface area contributed by atoms with E-state index >= 15 is 0 Å². The minimum atomic E-state index is -0.459. The topological polar surface area (TPSA) is 97.8 Å². The Morgan fingerprint density at radius 1 is 1.36 bits per heavy atom. The second-order valence-electron chi connectivity index (χ2n) is 4.66. The van der Waals surface area contributed by atoms with E-state index in [0.717, 1.165) is 0 Å². The van der Waals surface area contributed by atoms with Crippen LogP contribution in [0.5, 0.6) is 5.75 Å². The maximum Gasteiger partial charge on any atom is 0.284 e. The van der Waals surface area contributed by atoms with E-state index in [4.69, 9.17) is 14.3 Å². The van der Waals surface area contributed by atoms with E-state index in [1.807, 2.05) is 0 Å². The standard InChI is InChI=1S/C15H18N2O5/c1-21-11-3-5-13(14(9-11)17(19)20)15-6-4-12(22-15)10-16-7-2-8-18/h3-6,9,16,18H,2,7-8,10H2,1H3. The van der Waals surface area contributed by atoms with Gasteiger partial charge in [0.15, 0.2) is 0 Å². The summed E-state index contributed by atoms with van der Waals surface area (Å²) in [4.78, 5) is 10.7. The fraction of sp³-hybridized carbons (Fsp3) is 0.333. The Balaban J connectivity index is 2.18. The summed E-state index contributed by atoms with van der Waals surface area (Å²) in [6.45, 7) is 1.31. The van der Waals surface area contributed by atoms with Gasteiger partial charge < -0.3 is 19.6 Å². The highest BCUT2D eigenvalue weighted by molar-refractivity contribution is 5.71. The van der Waals surface area contributed by atoms with Crippen molar-refractivity contribution in [2.75, 3.05) is 20.3 Å².